The highest BCUT2D eigenvalue weighted by atomic mass is 35.5. The molecular formula is C26H17Cl2F3N4O2. The van der Waals surface area contributed by atoms with Gasteiger partial charge in [-0.15, -0.1) is 0 Å². The van der Waals surface area contributed by atoms with Crippen molar-refractivity contribution in [1.82, 2.24) is 15.3 Å². The molecule has 0 spiro atoms. The highest BCUT2D eigenvalue weighted by molar-refractivity contribution is 6.34. The lowest BCUT2D eigenvalue weighted by Gasteiger charge is -2.29. The lowest BCUT2D eigenvalue weighted by Crippen LogP contribution is -2.42. The summed E-state index contributed by atoms with van der Waals surface area (Å²) in [6.07, 6.45) is -2.56. The number of carbonyl (C=O) groups excluding carboxylic acids is 1. The van der Waals surface area contributed by atoms with E-state index in [0.717, 1.165) is 12.1 Å². The van der Waals surface area contributed by atoms with E-state index in [4.69, 9.17) is 28.0 Å². The number of hydrogen-bond donors (Lipinski definition) is 1. The average molecular weight is 545 g/mol. The van der Waals surface area contributed by atoms with Crippen LogP contribution in [-0.4, -0.2) is 27.8 Å². The zero-order valence-electron chi connectivity index (χ0n) is 18.9. The fourth-order valence-corrected chi connectivity index (χ4v) is 4.72. The molecule has 0 saturated heterocycles. The van der Waals surface area contributed by atoms with E-state index < -0.39 is 24.1 Å². The largest absolute Gasteiger partial charge is 0.435 e. The molecule has 5 rings (SSSR count). The number of hydrogen-bond acceptors (Lipinski definition) is 5. The van der Waals surface area contributed by atoms with E-state index in [0.29, 0.717) is 16.5 Å². The smallest absolute Gasteiger partial charge is 0.374 e. The second kappa shape index (κ2) is 9.64. The first-order valence-electron chi connectivity index (χ1n) is 11.0. The van der Waals surface area contributed by atoms with Gasteiger partial charge in [-0.1, -0.05) is 58.7 Å². The van der Waals surface area contributed by atoms with Gasteiger partial charge in [-0.25, -0.2) is 0 Å². The van der Waals surface area contributed by atoms with Crippen molar-refractivity contribution < 1.29 is 22.8 Å². The molecule has 0 saturated carbocycles. The first-order chi connectivity index (χ1) is 17.7. The maximum atomic E-state index is 14.4. The minimum Gasteiger partial charge on any atom is -0.374 e. The Labute approximate surface area is 219 Å². The number of nitrogens with one attached hydrogen (secondary N) is 1. The summed E-state index contributed by atoms with van der Waals surface area (Å²) < 4.78 is 43.2. The molecule has 1 N–H and O–H groups in total. The number of rotatable bonds is 5. The van der Waals surface area contributed by atoms with Crippen molar-refractivity contribution in [3.8, 4) is 0 Å². The highest BCUT2D eigenvalue weighted by Crippen LogP contribution is 2.50. The van der Waals surface area contributed by atoms with Crippen molar-refractivity contribution in [1.29, 1.82) is 0 Å². The molecule has 0 bridgehead atoms. The molecule has 3 heterocycles. The van der Waals surface area contributed by atoms with E-state index in [-0.39, 0.29) is 39.1 Å². The van der Waals surface area contributed by atoms with E-state index in [2.05, 4.69) is 20.4 Å². The first-order valence-corrected chi connectivity index (χ1v) is 11.8. The van der Waals surface area contributed by atoms with Crippen LogP contribution in [0.5, 0.6) is 0 Å². The second-order valence-corrected chi connectivity index (χ2v) is 9.23. The predicted octanol–water partition coefficient (Wildman–Crippen LogP) is 6.45. The number of halogens is 5. The topological polar surface area (TPSA) is 76.5 Å². The third-order valence-corrected chi connectivity index (χ3v) is 6.42. The van der Waals surface area contributed by atoms with Crippen molar-refractivity contribution in [2.45, 2.75) is 24.7 Å². The number of carbonyl (C=O) groups is 1. The molecule has 1 amide bonds. The number of alkyl halides is 3. The van der Waals surface area contributed by atoms with Gasteiger partial charge in [0, 0.05) is 33.4 Å². The van der Waals surface area contributed by atoms with Gasteiger partial charge in [-0.05, 0) is 35.7 Å². The fourth-order valence-electron chi connectivity index (χ4n) is 4.19. The normalized spacial score (nSPS) is 17.4. The summed E-state index contributed by atoms with van der Waals surface area (Å²) in [5.74, 6) is -0.399. The number of pyridine rings is 2. The van der Waals surface area contributed by atoms with Gasteiger partial charge < -0.3 is 10.2 Å². The Morgan fingerprint density at radius 1 is 1.00 bits per heavy atom. The van der Waals surface area contributed by atoms with Gasteiger partial charge >= 0.3 is 6.18 Å². The molecule has 4 aromatic rings. The van der Waals surface area contributed by atoms with Gasteiger partial charge in [0.25, 0.3) is 11.5 Å². The zero-order chi connectivity index (χ0) is 26.2. The molecular weight excluding hydrogens is 528 g/mol. The van der Waals surface area contributed by atoms with E-state index in [9.17, 15) is 18.0 Å². The van der Waals surface area contributed by atoms with Crippen LogP contribution in [0.3, 0.4) is 0 Å². The number of fused-ring (bicyclic) bond motifs is 1. The molecule has 1 unspecified atom stereocenters. The quantitative estimate of drug-likeness (QED) is 0.313. The number of oxime groups is 1. The Balaban J connectivity index is 1.49. The third-order valence-electron chi connectivity index (χ3n) is 5.98. The Hall–Kier alpha value is -3.69. The predicted molar refractivity (Wildman–Crippen MR) is 134 cm³/mol. The number of nitrogens with zero attached hydrogens (tertiary/aromatic N) is 3. The van der Waals surface area contributed by atoms with Crippen LogP contribution in [0.25, 0.3) is 10.8 Å². The molecule has 11 heteroatoms. The van der Waals surface area contributed by atoms with Crippen LogP contribution < -0.4 is 5.32 Å². The van der Waals surface area contributed by atoms with Gasteiger partial charge in [0.15, 0.2) is 0 Å². The van der Waals surface area contributed by atoms with Crippen LogP contribution in [0.1, 0.15) is 33.7 Å². The van der Waals surface area contributed by atoms with Gasteiger partial charge in [-0.2, -0.15) is 13.2 Å². The number of benzene rings is 2. The van der Waals surface area contributed by atoms with Crippen LogP contribution in [0, 0.1) is 0 Å². The highest BCUT2D eigenvalue weighted by Gasteiger charge is 2.62. The van der Waals surface area contributed by atoms with E-state index in [1.807, 2.05) is 6.07 Å². The van der Waals surface area contributed by atoms with Gasteiger partial charge in [0.1, 0.15) is 5.71 Å². The van der Waals surface area contributed by atoms with E-state index >= 15 is 0 Å². The SMILES string of the molecule is O=C(NCc1ccccn1)c1cnc(C2=NOC(c3cc(Cl)cc(Cl)c3)(C(F)(F)F)C2)c2ccccc12. The van der Waals surface area contributed by atoms with E-state index in [1.54, 1.807) is 42.6 Å². The van der Waals surface area contributed by atoms with Crippen molar-refractivity contribution >= 4 is 45.6 Å². The van der Waals surface area contributed by atoms with Crippen LogP contribution in [0.2, 0.25) is 10.0 Å². The minimum absolute atomic E-state index is 0.0231. The maximum absolute atomic E-state index is 14.4. The number of amides is 1. The van der Waals surface area contributed by atoms with Crippen molar-refractivity contribution in [2.24, 2.45) is 5.16 Å². The fraction of sp³-hybridized carbons (Fsp3) is 0.154. The summed E-state index contributed by atoms with van der Waals surface area (Å²) in [5, 5.41) is 7.62. The molecule has 0 aliphatic carbocycles. The maximum Gasteiger partial charge on any atom is 0.435 e. The molecule has 37 heavy (non-hydrogen) atoms. The molecule has 1 aliphatic rings. The third kappa shape index (κ3) is 4.72. The second-order valence-electron chi connectivity index (χ2n) is 8.36. The molecule has 6 nitrogen and oxygen atoms in total. The van der Waals surface area contributed by atoms with Gasteiger partial charge in [0.05, 0.1) is 29.9 Å². The molecule has 0 radical (unpaired) electrons. The Morgan fingerprint density at radius 2 is 1.70 bits per heavy atom. The minimum atomic E-state index is -4.84. The summed E-state index contributed by atoms with van der Waals surface area (Å²) in [6, 6.07) is 15.8. The summed E-state index contributed by atoms with van der Waals surface area (Å²) >= 11 is 12.0. The lowest BCUT2D eigenvalue weighted by molar-refractivity contribution is -0.275. The number of aromatic nitrogens is 2. The average Bonchev–Trinajstić information content (AvgIpc) is 3.34. The molecule has 2 aromatic carbocycles. The van der Waals surface area contributed by atoms with Crippen molar-refractivity contribution in [3.05, 3.63) is 106 Å². The van der Waals surface area contributed by atoms with Crippen LogP contribution in [-0.2, 0) is 17.0 Å². The van der Waals surface area contributed by atoms with Crippen LogP contribution >= 0.6 is 23.2 Å². The molecule has 1 aliphatic heterocycles. The Kier molecular flexibility index (Phi) is 6.51. The Morgan fingerprint density at radius 3 is 2.38 bits per heavy atom. The molecule has 1 atom stereocenters. The van der Waals surface area contributed by atoms with Crippen LogP contribution in [0.4, 0.5) is 13.2 Å². The monoisotopic (exact) mass is 544 g/mol. The molecule has 0 fully saturated rings. The van der Waals surface area contributed by atoms with Gasteiger partial charge in [0.2, 0.25) is 0 Å². The summed E-state index contributed by atoms with van der Waals surface area (Å²) in [6.45, 7) is 0.201. The van der Waals surface area contributed by atoms with E-state index in [1.165, 1.54) is 12.3 Å². The molecule has 2 aromatic heterocycles. The van der Waals surface area contributed by atoms with Crippen molar-refractivity contribution in [2.75, 3.05) is 0 Å². The molecule has 188 valence electrons. The summed E-state index contributed by atoms with van der Waals surface area (Å²) in [7, 11) is 0. The summed E-state index contributed by atoms with van der Waals surface area (Å²) in [4.78, 5) is 26.6. The van der Waals surface area contributed by atoms with Gasteiger partial charge in [-0.3, -0.25) is 14.8 Å². The first kappa shape index (κ1) is 25.0. The Bertz CT molecular complexity index is 1510. The zero-order valence-corrected chi connectivity index (χ0v) is 20.4. The summed E-state index contributed by atoms with van der Waals surface area (Å²) in [5.41, 5.74) is -1.98. The van der Waals surface area contributed by atoms with Crippen molar-refractivity contribution in [3.63, 3.8) is 0 Å². The van der Waals surface area contributed by atoms with Crippen LogP contribution in [0.15, 0.2) is 78.2 Å². The standard InChI is InChI=1S/C26H17Cl2F3N4O2/c27-16-9-15(10-17(28)11-16)25(26(29,30)31)12-22(35-37-25)23-20-7-2-1-6-19(20)21(14-33-23)24(36)34-13-18-5-3-4-8-32-18/h1-11,14H,12-13H2,(H,34,36). The lowest BCUT2D eigenvalue weighted by atomic mass is 9.86.